The highest BCUT2D eigenvalue weighted by molar-refractivity contribution is 5.85. The van der Waals surface area contributed by atoms with Crippen molar-refractivity contribution >= 4 is 18.3 Å². The van der Waals surface area contributed by atoms with Crippen molar-refractivity contribution < 1.29 is 4.79 Å². The predicted octanol–water partition coefficient (Wildman–Crippen LogP) is 2.43. The van der Waals surface area contributed by atoms with Crippen LogP contribution in [0.5, 0.6) is 0 Å². The van der Waals surface area contributed by atoms with E-state index in [1.165, 1.54) is 12.8 Å². The Morgan fingerprint density at radius 1 is 1.29 bits per heavy atom. The second-order valence-electron chi connectivity index (χ2n) is 5.52. The van der Waals surface area contributed by atoms with Crippen molar-refractivity contribution in [3.8, 4) is 0 Å². The molecule has 4 unspecified atom stereocenters. The molecule has 2 N–H and O–H groups in total. The van der Waals surface area contributed by atoms with E-state index < -0.39 is 0 Å². The first-order valence-electron chi connectivity index (χ1n) is 6.49. The molecule has 0 aliphatic carbocycles. The molecule has 1 fully saturated rings. The van der Waals surface area contributed by atoms with Gasteiger partial charge >= 0.3 is 0 Å². The molecule has 1 rings (SSSR count). The lowest BCUT2D eigenvalue weighted by molar-refractivity contribution is -0.138. The molecule has 0 saturated carbocycles. The number of halogens is 1. The van der Waals surface area contributed by atoms with Gasteiger partial charge in [0.2, 0.25) is 5.91 Å². The first kappa shape index (κ1) is 16.7. The number of carbonyl (C=O) groups excluding carboxylic acids is 1. The van der Waals surface area contributed by atoms with Crippen molar-refractivity contribution in [3.05, 3.63) is 0 Å². The number of carbonyl (C=O) groups is 1. The van der Waals surface area contributed by atoms with Gasteiger partial charge in [-0.2, -0.15) is 0 Å². The molecule has 4 heteroatoms. The van der Waals surface area contributed by atoms with Gasteiger partial charge in [-0.15, -0.1) is 12.4 Å². The van der Waals surface area contributed by atoms with E-state index in [0.29, 0.717) is 12.0 Å². The lowest BCUT2D eigenvalue weighted by Crippen LogP contribution is -2.46. The number of hydrogen-bond acceptors (Lipinski definition) is 2. The molecule has 0 aromatic carbocycles. The molecule has 1 aliphatic rings. The van der Waals surface area contributed by atoms with E-state index in [1.54, 1.807) is 0 Å². The lowest BCUT2D eigenvalue weighted by atomic mass is 10.0. The van der Waals surface area contributed by atoms with Crippen LogP contribution in [0.3, 0.4) is 0 Å². The van der Waals surface area contributed by atoms with Crippen LogP contribution in [-0.4, -0.2) is 29.4 Å². The third-order valence-corrected chi connectivity index (χ3v) is 3.82. The Bertz CT molecular complexity index is 246. The molecule has 1 saturated heterocycles. The summed E-state index contributed by atoms with van der Waals surface area (Å²) < 4.78 is 0. The maximum Gasteiger partial charge on any atom is 0.227 e. The first-order chi connectivity index (χ1) is 7.43. The molecule has 102 valence electrons. The van der Waals surface area contributed by atoms with Crippen LogP contribution in [0.15, 0.2) is 0 Å². The van der Waals surface area contributed by atoms with Crippen LogP contribution in [0.4, 0.5) is 0 Å². The van der Waals surface area contributed by atoms with Crippen LogP contribution < -0.4 is 5.73 Å². The van der Waals surface area contributed by atoms with Gasteiger partial charge in [0, 0.05) is 18.6 Å². The molecule has 1 heterocycles. The molecule has 1 amide bonds. The summed E-state index contributed by atoms with van der Waals surface area (Å²) in [5.41, 5.74) is 5.82. The minimum absolute atomic E-state index is 0. The van der Waals surface area contributed by atoms with Crippen LogP contribution in [0.25, 0.3) is 0 Å². The lowest BCUT2D eigenvalue weighted by Gasteiger charge is -2.32. The van der Waals surface area contributed by atoms with Crippen LogP contribution in [-0.2, 0) is 4.79 Å². The summed E-state index contributed by atoms with van der Waals surface area (Å²) in [6, 6.07) is 0.317. The summed E-state index contributed by atoms with van der Waals surface area (Å²) >= 11 is 0. The van der Waals surface area contributed by atoms with Gasteiger partial charge in [0.25, 0.3) is 0 Å². The molecule has 17 heavy (non-hydrogen) atoms. The summed E-state index contributed by atoms with van der Waals surface area (Å²) in [5, 5.41) is 0. The van der Waals surface area contributed by atoms with E-state index in [2.05, 4.69) is 13.8 Å². The minimum Gasteiger partial charge on any atom is -0.339 e. The van der Waals surface area contributed by atoms with Crippen molar-refractivity contribution in [3.63, 3.8) is 0 Å². The second kappa shape index (κ2) is 7.22. The Hall–Kier alpha value is -0.280. The van der Waals surface area contributed by atoms with E-state index >= 15 is 0 Å². The monoisotopic (exact) mass is 262 g/mol. The molecular weight excluding hydrogens is 236 g/mol. The summed E-state index contributed by atoms with van der Waals surface area (Å²) in [4.78, 5) is 14.3. The summed E-state index contributed by atoms with van der Waals surface area (Å²) in [6.07, 6.45) is 3.60. The fourth-order valence-electron chi connectivity index (χ4n) is 2.32. The summed E-state index contributed by atoms with van der Waals surface area (Å²) in [7, 11) is 0. The van der Waals surface area contributed by atoms with Gasteiger partial charge < -0.3 is 10.6 Å². The normalized spacial score (nSPS) is 28.9. The minimum atomic E-state index is -0.0623. The number of amides is 1. The quantitative estimate of drug-likeness (QED) is 0.831. The highest BCUT2D eigenvalue weighted by Gasteiger charge is 2.29. The van der Waals surface area contributed by atoms with E-state index in [1.807, 2.05) is 18.7 Å². The van der Waals surface area contributed by atoms with Crippen LogP contribution >= 0.6 is 12.4 Å². The highest BCUT2D eigenvalue weighted by atomic mass is 35.5. The van der Waals surface area contributed by atoms with E-state index in [4.69, 9.17) is 5.73 Å². The SMILES string of the molecule is CC1CCCC(C)N(C(=O)C(C)C(C)N)C1.Cl. The molecule has 1 aliphatic heterocycles. The number of likely N-dealkylation sites (tertiary alicyclic amines) is 1. The van der Waals surface area contributed by atoms with E-state index in [-0.39, 0.29) is 30.3 Å². The van der Waals surface area contributed by atoms with Gasteiger partial charge in [-0.25, -0.2) is 0 Å². The fraction of sp³-hybridized carbons (Fsp3) is 0.923. The third kappa shape index (κ3) is 4.47. The largest absolute Gasteiger partial charge is 0.339 e. The van der Waals surface area contributed by atoms with Crippen LogP contribution in [0.1, 0.15) is 47.0 Å². The topological polar surface area (TPSA) is 46.3 Å². The Kier molecular flexibility index (Phi) is 7.10. The van der Waals surface area contributed by atoms with Crippen molar-refractivity contribution in [1.29, 1.82) is 0 Å². The summed E-state index contributed by atoms with van der Waals surface area (Å²) in [5.74, 6) is 0.790. The molecule has 0 aromatic heterocycles. The first-order valence-corrected chi connectivity index (χ1v) is 6.49. The molecule has 4 atom stereocenters. The number of rotatable bonds is 2. The fourth-order valence-corrected chi connectivity index (χ4v) is 2.32. The van der Waals surface area contributed by atoms with E-state index in [9.17, 15) is 4.79 Å². The van der Waals surface area contributed by atoms with Gasteiger partial charge in [0.1, 0.15) is 0 Å². The zero-order valence-corrected chi connectivity index (χ0v) is 12.3. The average Bonchev–Trinajstić information content (AvgIpc) is 2.38. The Morgan fingerprint density at radius 3 is 2.41 bits per heavy atom. The Labute approximate surface area is 112 Å². The third-order valence-electron chi connectivity index (χ3n) is 3.82. The van der Waals surface area contributed by atoms with Gasteiger partial charge in [0.05, 0.1) is 5.92 Å². The Balaban J connectivity index is 0.00000256. The van der Waals surface area contributed by atoms with Gasteiger partial charge in [-0.3, -0.25) is 4.79 Å². The maximum absolute atomic E-state index is 12.3. The second-order valence-corrected chi connectivity index (χ2v) is 5.52. The standard InChI is InChI=1S/C13H26N2O.ClH/c1-9-6-5-7-10(2)15(8-9)13(16)11(3)12(4)14;/h9-12H,5-8,14H2,1-4H3;1H. The zero-order valence-electron chi connectivity index (χ0n) is 11.5. The zero-order chi connectivity index (χ0) is 12.3. The smallest absolute Gasteiger partial charge is 0.227 e. The molecule has 0 spiro atoms. The van der Waals surface area contributed by atoms with E-state index in [0.717, 1.165) is 13.0 Å². The molecule has 0 aromatic rings. The van der Waals surface area contributed by atoms with Gasteiger partial charge in [0.15, 0.2) is 0 Å². The maximum atomic E-state index is 12.3. The van der Waals surface area contributed by atoms with Crippen molar-refractivity contribution in [2.75, 3.05) is 6.54 Å². The Morgan fingerprint density at radius 2 is 1.88 bits per heavy atom. The predicted molar refractivity (Wildman–Crippen MR) is 74.3 cm³/mol. The molecular formula is C13H27ClN2O. The van der Waals surface area contributed by atoms with Crippen LogP contribution in [0, 0.1) is 11.8 Å². The molecule has 0 bridgehead atoms. The van der Waals surface area contributed by atoms with Crippen molar-refractivity contribution in [1.82, 2.24) is 4.90 Å². The number of nitrogens with zero attached hydrogens (tertiary/aromatic N) is 1. The summed E-state index contributed by atoms with van der Waals surface area (Å²) in [6.45, 7) is 9.14. The average molecular weight is 263 g/mol. The van der Waals surface area contributed by atoms with Crippen LogP contribution in [0.2, 0.25) is 0 Å². The number of nitrogens with two attached hydrogens (primary N) is 1. The van der Waals surface area contributed by atoms with Gasteiger partial charge in [-0.05, 0) is 32.6 Å². The molecule has 0 radical (unpaired) electrons. The highest BCUT2D eigenvalue weighted by Crippen LogP contribution is 2.22. The van der Waals surface area contributed by atoms with Crippen molar-refractivity contribution in [2.45, 2.75) is 59.0 Å². The van der Waals surface area contributed by atoms with Gasteiger partial charge in [-0.1, -0.05) is 20.3 Å². The molecule has 3 nitrogen and oxygen atoms in total. The van der Waals surface area contributed by atoms with Crippen molar-refractivity contribution in [2.24, 2.45) is 17.6 Å². The number of hydrogen-bond donors (Lipinski definition) is 1.